The number of benzene rings is 1. The second kappa shape index (κ2) is 6.88. The number of ether oxygens (including phenoxy) is 1. The Bertz CT molecular complexity index is 670. The third kappa shape index (κ3) is 5.39. The van der Waals surface area contributed by atoms with Crippen LogP contribution in [0.25, 0.3) is 0 Å². The zero-order chi connectivity index (χ0) is 15.4. The van der Waals surface area contributed by atoms with Gasteiger partial charge in [-0.3, -0.25) is 0 Å². The second-order valence-electron chi connectivity index (χ2n) is 4.08. The van der Waals surface area contributed by atoms with E-state index in [1.807, 2.05) is 0 Å². The number of halogens is 1. The molecule has 0 aliphatic rings. The first-order valence-corrected chi connectivity index (χ1v) is 9.97. The third-order valence-corrected chi connectivity index (χ3v) is 5.85. The summed E-state index contributed by atoms with van der Waals surface area (Å²) >= 11 is 3.18. The predicted molar refractivity (Wildman–Crippen MR) is 80.0 cm³/mol. The van der Waals surface area contributed by atoms with E-state index in [1.165, 1.54) is 18.2 Å². The van der Waals surface area contributed by atoms with Crippen LogP contribution in [-0.4, -0.2) is 34.9 Å². The van der Waals surface area contributed by atoms with E-state index in [9.17, 15) is 16.8 Å². The lowest BCUT2D eigenvalue weighted by atomic mass is 10.3. The highest BCUT2D eigenvalue weighted by Gasteiger charge is 2.11. The van der Waals surface area contributed by atoms with E-state index in [1.54, 1.807) is 6.92 Å². The molecule has 0 bridgehead atoms. The highest BCUT2D eigenvalue weighted by molar-refractivity contribution is 9.10. The monoisotopic (exact) mass is 385 g/mol. The molecule has 1 rings (SSSR count). The zero-order valence-electron chi connectivity index (χ0n) is 10.9. The molecule has 0 fully saturated rings. The maximum atomic E-state index is 11.3. The van der Waals surface area contributed by atoms with E-state index < -0.39 is 19.9 Å². The third-order valence-electron chi connectivity index (χ3n) is 2.53. The summed E-state index contributed by atoms with van der Waals surface area (Å²) in [6.45, 7) is 1.82. The fourth-order valence-electron chi connectivity index (χ4n) is 1.38. The van der Waals surface area contributed by atoms with Gasteiger partial charge in [0, 0.05) is 5.75 Å². The fraction of sp³-hybridized carbons (Fsp3) is 0.455. The zero-order valence-corrected chi connectivity index (χ0v) is 14.1. The minimum absolute atomic E-state index is 0.0229. The van der Waals surface area contributed by atoms with Crippen molar-refractivity contribution in [3.8, 4) is 5.75 Å². The van der Waals surface area contributed by atoms with Crippen molar-refractivity contribution in [2.75, 3.05) is 18.1 Å². The summed E-state index contributed by atoms with van der Waals surface area (Å²) in [5, 5.41) is 5.00. The smallest absolute Gasteiger partial charge is 0.238 e. The Kier molecular flexibility index (Phi) is 5.99. The molecule has 0 heterocycles. The van der Waals surface area contributed by atoms with Gasteiger partial charge in [-0.25, -0.2) is 22.0 Å². The molecule has 1 aromatic rings. The quantitative estimate of drug-likeness (QED) is 0.712. The van der Waals surface area contributed by atoms with Gasteiger partial charge in [0.2, 0.25) is 10.0 Å². The van der Waals surface area contributed by atoms with Crippen molar-refractivity contribution in [2.45, 2.75) is 18.2 Å². The average Bonchev–Trinajstić information content (AvgIpc) is 2.35. The first-order valence-electron chi connectivity index (χ1n) is 5.81. The highest BCUT2D eigenvalue weighted by atomic mass is 79.9. The van der Waals surface area contributed by atoms with Crippen molar-refractivity contribution in [3.05, 3.63) is 22.7 Å². The first kappa shape index (κ1) is 17.4. The van der Waals surface area contributed by atoms with Crippen LogP contribution in [0.4, 0.5) is 0 Å². The van der Waals surface area contributed by atoms with Crippen molar-refractivity contribution < 1.29 is 21.6 Å². The summed E-state index contributed by atoms with van der Waals surface area (Å²) in [4.78, 5) is -0.0229. The SMILES string of the molecule is CCS(=O)(=O)CCCOc1ccc(S(N)(=O)=O)cc1Br. The van der Waals surface area contributed by atoms with Gasteiger partial charge in [-0.15, -0.1) is 0 Å². The van der Waals surface area contributed by atoms with Crippen LogP contribution >= 0.6 is 15.9 Å². The fourth-order valence-corrected chi connectivity index (χ4v) is 3.41. The molecular weight excluding hydrogens is 370 g/mol. The van der Waals surface area contributed by atoms with Crippen molar-refractivity contribution >= 4 is 35.8 Å². The van der Waals surface area contributed by atoms with Gasteiger partial charge < -0.3 is 4.74 Å². The van der Waals surface area contributed by atoms with Crippen molar-refractivity contribution in [2.24, 2.45) is 5.14 Å². The normalized spacial score (nSPS) is 12.3. The number of sulfonamides is 1. The van der Waals surface area contributed by atoms with E-state index in [2.05, 4.69) is 15.9 Å². The first-order chi connectivity index (χ1) is 9.15. The number of hydrogen-bond donors (Lipinski definition) is 1. The molecule has 0 aliphatic carbocycles. The van der Waals surface area contributed by atoms with Gasteiger partial charge in [0.25, 0.3) is 0 Å². The van der Waals surface area contributed by atoms with Gasteiger partial charge in [0.15, 0.2) is 0 Å². The molecule has 0 saturated heterocycles. The van der Waals surface area contributed by atoms with Gasteiger partial charge >= 0.3 is 0 Å². The van der Waals surface area contributed by atoms with E-state index >= 15 is 0 Å². The summed E-state index contributed by atoms with van der Waals surface area (Å²) in [5.41, 5.74) is 0. The lowest BCUT2D eigenvalue weighted by Crippen LogP contribution is -2.13. The molecule has 9 heteroatoms. The number of sulfone groups is 1. The molecule has 0 saturated carbocycles. The Morgan fingerprint density at radius 2 is 1.90 bits per heavy atom. The average molecular weight is 386 g/mol. The summed E-state index contributed by atoms with van der Waals surface area (Å²) < 4.78 is 50.7. The summed E-state index contributed by atoms with van der Waals surface area (Å²) in [7, 11) is -6.75. The summed E-state index contributed by atoms with van der Waals surface area (Å²) in [6, 6.07) is 4.14. The van der Waals surface area contributed by atoms with E-state index in [4.69, 9.17) is 9.88 Å². The van der Waals surface area contributed by atoms with Crippen LogP contribution in [0.2, 0.25) is 0 Å². The maximum absolute atomic E-state index is 11.3. The molecule has 2 N–H and O–H groups in total. The minimum atomic E-state index is -3.75. The Balaban J connectivity index is 2.62. The topological polar surface area (TPSA) is 104 Å². The molecule has 0 atom stereocenters. The largest absolute Gasteiger partial charge is 0.492 e. The molecular formula is C11H16BrNO5S2. The van der Waals surface area contributed by atoms with Gasteiger partial charge in [-0.2, -0.15) is 0 Å². The molecule has 1 aromatic carbocycles. The number of hydrogen-bond acceptors (Lipinski definition) is 5. The van der Waals surface area contributed by atoms with Crippen molar-refractivity contribution in [1.29, 1.82) is 0 Å². The number of nitrogens with two attached hydrogens (primary N) is 1. The molecule has 114 valence electrons. The molecule has 0 unspecified atom stereocenters. The number of rotatable bonds is 7. The van der Waals surface area contributed by atoms with Crippen LogP contribution in [0.15, 0.2) is 27.6 Å². The molecule has 0 amide bonds. The van der Waals surface area contributed by atoms with E-state index in [-0.39, 0.29) is 23.0 Å². The predicted octanol–water partition coefficient (Wildman–Crippen LogP) is 1.30. The lowest BCUT2D eigenvalue weighted by molar-refractivity contribution is 0.315. The molecule has 20 heavy (non-hydrogen) atoms. The van der Waals surface area contributed by atoms with Gasteiger partial charge in [-0.05, 0) is 40.5 Å². The van der Waals surface area contributed by atoms with Crippen LogP contribution in [0.1, 0.15) is 13.3 Å². The van der Waals surface area contributed by atoms with E-state index in [0.717, 1.165) is 0 Å². The molecule has 0 radical (unpaired) electrons. The minimum Gasteiger partial charge on any atom is -0.492 e. The maximum Gasteiger partial charge on any atom is 0.238 e. The van der Waals surface area contributed by atoms with Crippen LogP contribution in [0.3, 0.4) is 0 Å². The number of primary sulfonamides is 1. The molecule has 0 aromatic heterocycles. The van der Waals surface area contributed by atoms with E-state index in [0.29, 0.717) is 16.6 Å². The highest BCUT2D eigenvalue weighted by Crippen LogP contribution is 2.27. The van der Waals surface area contributed by atoms with Crippen molar-refractivity contribution in [1.82, 2.24) is 0 Å². The Labute approximate surface area is 127 Å². The van der Waals surface area contributed by atoms with Gasteiger partial charge in [-0.1, -0.05) is 6.92 Å². The van der Waals surface area contributed by atoms with Crippen LogP contribution in [0.5, 0.6) is 5.75 Å². The van der Waals surface area contributed by atoms with Crippen molar-refractivity contribution in [3.63, 3.8) is 0 Å². The molecule has 6 nitrogen and oxygen atoms in total. The van der Waals surface area contributed by atoms with Crippen LogP contribution < -0.4 is 9.88 Å². The lowest BCUT2D eigenvalue weighted by Gasteiger charge is -2.09. The van der Waals surface area contributed by atoms with Crippen LogP contribution in [0, 0.1) is 0 Å². The Morgan fingerprint density at radius 1 is 1.25 bits per heavy atom. The Morgan fingerprint density at radius 3 is 2.40 bits per heavy atom. The summed E-state index contributed by atoms with van der Waals surface area (Å²) in [6.07, 6.45) is 0.375. The Hall–Kier alpha value is -0.640. The van der Waals surface area contributed by atoms with Gasteiger partial charge in [0.05, 0.1) is 21.7 Å². The van der Waals surface area contributed by atoms with Crippen LogP contribution in [-0.2, 0) is 19.9 Å². The summed E-state index contributed by atoms with van der Waals surface area (Å²) in [5.74, 6) is 0.613. The molecule has 0 aliphatic heterocycles. The second-order valence-corrected chi connectivity index (χ2v) is 8.96. The molecule has 0 spiro atoms. The standard InChI is InChI=1S/C11H16BrNO5S2/c1-2-19(14,15)7-3-6-18-11-5-4-9(8-10(11)12)20(13,16)17/h4-5,8H,2-3,6-7H2,1H3,(H2,13,16,17). The van der Waals surface area contributed by atoms with Gasteiger partial charge in [0.1, 0.15) is 15.6 Å².